The van der Waals surface area contributed by atoms with Crippen LogP contribution in [0.15, 0.2) is 66.9 Å². The SMILES string of the molecule is [C-]#[N+]c1nn(CCNC(=O)CCOCCOCCOCCOCCOc2ccc3c(c2)CN(C(=O)[C@@H](NC(=O)[C@H](C)NC)C(C)(C)C)[C@H](C(=O)N[C@@H]2CCCc4ccccc42)C3)c2c1-c1cnc(N)c(n1)N1CCC[C@@H]1c1cc(F)cc(c1)C(=O)N(C)C2. The highest BCUT2D eigenvalue weighted by Crippen LogP contribution is 2.41. The summed E-state index contributed by atoms with van der Waals surface area (Å²) in [6.07, 6.45) is 6.07. The van der Waals surface area contributed by atoms with Crippen LogP contribution in [-0.4, -0.2) is 164 Å². The zero-order valence-corrected chi connectivity index (χ0v) is 51.2. The van der Waals surface area contributed by atoms with E-state index in [2.05, 4.69) is 48.3 Å². The van der Waals surface area contributed by atoms with Crippen molar-refractivity contribution in [3.05, 3.63) is 123 Å². The first-order valence-corrected chi connectivity index (χ1v) is 30.3. The number of anilines is 2. The van der Waals surface area contributed by atoms with Crippen LogP contribution in [0.4, 0.5) is 21.8 Å². The zero-order chi connectivity index (χ0) is 62.5. The smallest absolute Gasteiger partial charge is 0.305 e. The monoisotopic (exact) mass is 1210 g/mol. The van der Waals surface area contributed by atoms with Gasteiger partial charge in [-0.25, -0.2) is 14.4 Å². The van der Waals surface area contributed by atoms with Crippen molar-refractivity contribution in [3.8, 4) is 17.0 Å². The van der Waals surface area contributed by atoms with Crippen LogP contribution in [0.2, 0.25) is 0 Å². The van der Waals surface area contributed by atoms with Crippen LogP contribution in [0.25, 0.3) is 16.1 Å². The molecule has 3 aliphatic heterocycles. The van der Waals surface area contributed by atoms with Gasteiger partial charge in [-0.2, -0.15) is 4.68 Å². The van der Waals surface area contributed by atoms with Crippen LogP contribution in [-0.2, 0) is 70.6 Å². The molecule has 1 fully saturated rings. The lowest BCUT2D eigenvalue weighted by atomic mass is 9.83. The molecule has 1 aliphatic carbocycles. The third kappa shape index (κ3) is 15.8. The number of aromatic nitrogens is 4. The normalized spacial score (nSPS) is 17.8. The number of amides is 5. The van der Waals surface area contributed by atoms with Gasteiger partial charge >= 0.3 is 5.82 Å². The maximum atomic E-state index is 15.1. The maximum Gasteiger partial charge on any atom is 0.305 e. The molecule has 0 spiro atoms. The van der Waals surface area contributed by atoms with Crippen molar-refractivity contribution in [1.29, 1.82) is 0 Å². The highest BCUT2D eigenvalue weighted by Gasteiger charge is 2.43. The van der Waals surface area contributed by atoms with E-state index >= 15 is 4.39 Å². The van der Waals surface area contributed by atoms with Gasteiger partial charge in [-0.3, -0.25) is 24.0 Å². The Balaban J connectivity index is 0.670. The molecule has 3 aromatic carbocycles. The minimum absolute atomic E-state index is 0.00418. The van der Waals surface area contributed by atoms with E-state index in [1.54, 1.807) is 36.7 Å². The number of hydrogen-bond donors (Lipinski definition) is 5. The van der Waals surface area contributed by atoms with Crippen LogP contribution in [0, 0.1) is 17.8 Å². The molecule has 5 amide bonds. The van der Waals surface area contributed by atoms with Gasteiger partial charge in [-0.05, 0) is 115 Å². The predicted octanol–water partition coefficient (Wildman–Crippen LogP) is 5.78. The number of rotatable bonds is 25. The Morgan fingerprint density at radius 1 is 0.886 bits per heavy atom. The van der Waals surface area contributed by atoms with E-state index in [0.29, 0.717) is 93.1 Å². The first-order chi connectivity index (χ1) is 42.4. The lowest BCUT2D eigenvalue weighted by molar-refractivity contribution is -0.147. The van der Waals surface area contributed by atoms with Crippen molar-refractivity contribution in [2.75, 3.05) is 97.3 Å². The van der Waals surface area contributed by atoms with Crippen LogP contribution < -0.4 is 36.6 Å². The van der Waals surface area contributed by atoms with E-state index in [1.807, 2.05) is 56.0 Å². The predicted molar refractivity (Wildman–Crippen MR) is 326 cm³/mol. The molecule has 5 heterocycles. The van der Waals surface area contributed by atoms with E-state index < -0.39 is 35.3 Å². The lowest BCUT2D eigenvalue weighted by Crippen LogP contribution is -2.62. The minimum atomic E-state index is -0.896. The molecule has 24 heteroatoms. The number of likely N-dealkylation sites (N-methyl/N-ethyl adjacent to an activating group) is 1. The Morgan fingerprint density at radius 2 is 1.61 bits per heavy atom. The molecule has 5 atom stereocenters. The Kier molecular flexibility index (Phi) is 21.8. The van der Waals surface area contributed by atoms with Crippen LogP contribution in [0.1, 0.15) is 116 Å². The highest BCUT2D eigenvalue weighted by molar-refractivity contribution is 5.95. The van der Waals surface area contributed by atoms with Gasteiger partial charge in [0.05, 0.1) is 107 Å². The molecule has 4 aliphatic rings. The number of aryl methyl sites for hydroxylation is 1. The van der Waals surface area contributed by atoms with Crippen molar-refractivity contribution >= 4 is 47.0 Å². The Labute approximate surface area is 513 Å². The summed E-state index contributed by atoms with van der Waals surface area (Å²) in [6.45, 7) is 19.2. The summed E-state index contributed by atoms with van der Waals surface area (Å²) in [4.78, 5) is 87.1. The number of fused-ring (bicyclic) bond motifs is 11. The number of nitrogens with one attached hydrogen (secondary N) is 4. The van der Waals surface area contributed by atoms with E-state index in [4.69, 9.17) is 41.0 Å². The average molecular weight is 1210 g/mol. The van der Waals surface area contributed by atoms with E-state index in [9.17, 15) is 24.0 Å². The van der Waals surface area contributed by atoms with Crippen molar-refractivity contribution < 1.29 is 52.0 Å². The van der Waals surface area contributed by atoms with Gasteiger partial charge in [0.25, 0.3) is 5.91 Å². The molecular formula is C64H82FN13O10. The molecule has 2 aromatic heterocycles. The summed E-state index contributed by atoms with van der Waals surface area (Å²) in [6, 6.07) is 15.6. The number of benzene rings is 3. The van der Waals surface area contributed by atoms with E-state index in [0.717, 1.165) is 42.4 Å². The summed E-state index contributed by atoms with van der Waals surface area (Å²) < 4.78 is 45.5. The molecule has 0 unspecified atom stereocenters. The zero-order valence-electron chi connectivity index (χ0n) is 51.2. The molecule has 88 heavy (non-hydrogen) atoms. The van der Waals surface area contributed by atoms with Gasteiger partial charge in [0, 0.05) is 45.1 Å². The van der Waals surface area contributed by atoms with Gasteiger partial charge in [0.15, 0.2) is 11.6 Å². The number of carbonyl (C=O) groups is 5. The summed E-state index contributed by atoms with van der Waals surface area (Å²) in [5.41, 5.74) is 11.9. The summed E-state index contributed by atoms with van der Waals surface area (Å²) >= 11 is 0. The Morgan fingerprint density at radius 3 is 2.34 bits per heavy atom. The van der Waals surface area contributed by atoms with Crippen molar-refractivity contribution in [3.63, 3.8) is 0 Å². The van der Waals surface area contributed by atoms with Crippen molar-refractivity contribution in [1.82, 2.24) is 50.8 Å². The molecule has 6 N–H and O–H groups in total. The summed E-state index contributed by atoms with van der Waals surface area (Å²) in [5, 5.41) is 16.7. The average Bonchev–Trinajstić information content (AvgIpc) is 2.30. The fourth-order valence-corrected chi connectivity index (χ4v) is 11.7. The highest BCUT2D eigenvalue weighted by atomic mass is 19.1. The Bertz CT molecular complexity index is 3350. The number of halogens is 1. The van der Waals surface area contributed by atoms with Crippen LogP contribution in [0.3, 0.4) is 0 Å². The number of carbonyl (C=O) groups excluding carboxylic acids is 5. The van der Waals surface area contributed by atoms with Gasteiger partial charge in [0.2, 0.25) is 23.6 Å². The number of hydrogen-bond acceptors (Lipinski definition) is 16. The molecule has 1 saturated heterocycles. The van der Waals surface area contributed by atoms with E-state index in [-0.39, 0.29) is 105 Å². The van der Waals surface area contributed by atoms with Crippen LogP contribution >= 0.6 is 0 Å². The second kappa shape index (κ2) is 29.7. The standard InChI is InChI=1S/C64H82FN13O10/c1-40(67-5)60(80)73-56(64(2,3)4)63(83)77-38-45-35-47(18-17-42(45)36-52(77)61(81)72-49-15-10-13-41-12-8-9-14-48(41)49)88-31-30-87-29-28-86-27-26-85-25-24-84-23-19-54(79)69-20-22-78-53-39-75(7)62(82)44-32-43(33-46(65)34-44)51-16-11-21-76(51)59-57(66)70-37-50(71-59)55(53)58(68-6)74-78/h8-9,12,14,17-18,32-35,37,40,49,51-52,56,67H,10-11,13,15-16,19-31,36,38-39H2,1-5,7H3,(H2,66,70)(H,69,79)(H,72,81)(H,73,80)/t40-,49+,51+,52-,56+/m0/s1. The second-order valence-corrected chi connectivity index (χ2v) is 23.7. The number of nitrogens with zero attached hydrogens (tertiary/aromatic N) is 8. The Hall–Kier alpha value is -8.08. The van der Waals surface area contributed by atoms with Gasteiger partial charge in [-0.15, -0.1) is 0 Å². The molecule has 23 nitrogen and oxygen atoms in total. The van der Waals surface area contributed by atoms with Gasteiger partial charge in [0.1, 0.15) is 30.3 Å². The maximum absolute atomic E-state index is 15.1. The summed E-state index contributed by atoms with van der Waals surface area (Å²) in [7, 11) is 3.29. The summed E-state index contributed by atoms with van der Waals surface area (Å²) in [5.74, 6) is -0.821. The first kappa shape index (κ1) is 64.4. The third-order valence-corrected chi connectivity index (χ3v) is 16.5. The second-order valence-electron chi connectivity index (χ2n) is 23.7. The van der Waals surface area contributed by atoms with Crippen LogP contribution in [0.5, 0.6) is 5.75 Å². The third-order valence-electron chi connectivity index (χ3n) is 16.5. The molecule has 5 aromatic rings. The topological polar surface area (TPSA) is 263 Å². The van der Waals surface area contributed by atoms with Gasteiger partial charge in [-0.1, -0.05) is 57.7 Å². The fraction of sp³-hybridized carbons (Fsp3) is 0.516. The molecular weight excluding hydrogens is 1130 g/mol. The molecule has 0 radical (unpaired) electrons. The quantitative estimate of drug-likeness (QED) is 0.0343. The molecule has 470 valence electrons. The lowest BCUT2D eigenvalue weighted by Gasteiger charge is -2.41. The first-order valence-electron chi connectivity index (χ1n) is 30.3. The fourth-order valence-electron chi connectivity index (χ4n) is 11.7. The van der Waals surface area contributed by atoms with E-state index in [1.165, 1.54) is 28.8 Å². The number of nitrogens with two attached hydrogens (primary N) is 1. The molecule has 0 saturated carbocycles. The minimum Gasteiger partial charge on any atom is -0.491 e. The van der Waals surface area contributed by atoms with Crippen molar-refractivity contribution in [2.24, 2.45) is 5.41 Å². The van der Waals surface area contributed by atoms with Crippen molar-refractivity contribution in [2.45, 2.75) is 122 Å². The molecule has 9 rings (SSSR count). The largest absolute Gasteiger partial charge is 0.491 e. The number of ether oxygens (including phenoxy) is 5. The van der Waals surface area contributed by atoms with Gasteiger partial charge < -0.3 is 70.2 Å². The number of nitrogen functional groups attached to an aromatic ring is 1. The molecule has 4 bridgehead atoms.